The van der Waals surface area contributed by atoms with Crippen molar-refractivity contribution in [2.24, 2.45) is 7.05 Å². The van der Waals surface area contributed by atoms with E-state index in [1.54, 1.807) is 0 Å². The number of alkyl halides is 3. The number of rotatable bonds is 1. The van der Waals surface area contributed by atoms with Crippen molar-refractivity contribution in [3.8, 4) is 5.82 Å². The van der Waals surface area contributed by atoms with Crippen molar-refractivity contribution in [2.45, 2.75) is 13.1 Å². The van der Waals surface area contributed by atoms with Crippen LogP contribution in [0.4, 0.5) is 13.2 Å². The Balaban J connectivity index is 2.77. The lowest BCUT2D eigenvalue weighted by molar-refractivity contribution is -0.138. The Morgan fingerprint density at radius 2 is 1.71 bits per heavy atom. The smallest absolute Gasteiger partial charge is 0.297 e. The molecule has 112 valence electrons. The Morgan fingerprint density at radius 1 is 1.10 bits per heavy atom. The van der Waals surface area contributed by atoms with Gasteiger partial charge in [-0.25, -0.2) is 4.68 Å². The van der Waals surface area contributed by atoms with Crippen molar-refractivity contribution in [1.82, 2.24) is 14.3 Å². The summed E-state index contributed by atoms with van der Waals surface area (Å²) in [5.74, 6) is -0.171. The maximum Gasteiger partial charge on any atom is 0.421 e. The monoisotopic (exact) mass is 301 g/mol. The third-order valence-electron chi connectivity index (χ3n) is 2.98. The van der Waals surface area contributed by atoms with Gasteiger partial charge in [-0.1, -0.05) is 0 Å². The van der Waals surface area contributed by atoms with Gasteiger partial charge >= 0.3 is 11.7 Å². The average Bonchev–Trinajstić information content (AvgIpc) is 2.39. The maximum absolute atomic E-state index is 12.6. The summed E-state index contributed by atoms with van der Waals surface area (Å²) in [6.07, 6.45) is -3.56. The first-order chi connectivity index (χ1) is 9.64. The lowest BCUT2D eigenvalue weighted by Crippen LogP contribution is -2.39. The van der Waals surface area contributed by atoms with Crippen LogP contribution in [0.3, 0.4) is 0 Å². The summed E-state index contributed by atoms with van der Waals surface area (Å²) >= 11 is 0. The first kappa shape index (κ1) is 14.8. The summed E-state index contributed by atoms with van der Waals surface area (Å²) in [6, 6.07) is 1.51. The predicted molar refractivity (Wildman–Crippen MR) is 67.6 cm³/mol. The van der Waals surface area contributed by atoms with Crippen molar-refractivity contribution >= 4 is 0 Å². The number of hydrogen-bond acceptors (Lipinski definition) is 3. The number of halogens is 3. The molecule has 0 aliphatic rings. The van der Waals surface area contributed by atoms with Crippen LogP contribution in [0.1, 0.15) is 11.1 Å². The molecule has 0 bridgehead atoms. The number of aromatic amines is 1. The second-order valence-electron chi connectivity index (χ2n) is 4.39. The Morgan fingerprint density at radius 3 is 2.29 bits per heavy atom. The molecule has 0 atom stereocenters. The second kappa shape index (κ2) is 4.76. The van der Waals surface area contributed by atoms with E-state index in [0.29, 0.717) is 10.6 Å². The van der Waals surface area contributed by atoms with E-state index in [1.165, 1.54) is 13.1 Å². The standard InChI is InChI=1S/C12H10F3N3O3/c1-6-5-16-18(11(21)9(6)19)8-4-3-7(12(13,14)15)10(20)17(8)2/h3-5,16H,1-2H3. The number of aromatic nitrogens is 3. The van der Waals surface area contributed by atoms with Gasteiger partial charge in [0.2, 0.25) is 5.43 Å². The Labute approximate surface area is 115 Å². The molecule has 0 saturated carbocycles. The number of nitrogens with one attached hydrogen (secondary N) is 1. The molecule has 0 saturated heterocycles. The molecule has 2 aromatic heterocycles. The molecule has 0 radical (unpaired) electrons. The molecule has 2 rings (SSSR count). The summed E-state index contributed by atoms with van der Waals surface area (Å²) in [7, 11) is 1.08. The maximum atomic E-state index is 12.6. The minimum atomic E-state index is -4.79. The zero-order chi connectivity index (χ0) is 15.9. The SMILES string of the molecule is Cc1c[nH]n(-c2ccc(C(F)(F)F)c(=O)n2C)c(=O)c1=O. The Hall–Kier alpha value is -2.58. The van der Waals surface area contributed by atoms with Gasteiger partial charge < -0.3 is 0 Å². The van der Waals surface area contributed by atoms with Gasteiger partial charge in [0.05, 0.1) is 0 Å². The molecule has 0 amide bonds. The zero-order valence-electron chi connectivity index (χ0n) is 11.0. The topological polar surface area (TPSA) is 76.9 Å². The van der Waals surface area contributed by atoms with Crippen molar-refractivity contribution < 1.29 is 13.2 Å². The minimum Gasteiger partial charge on any atom is -0.297 e. The average molecular weight is 301 g/mol. The van der Waals surface area contributed by atoms with Crippen molar-refractivity contribution in [2.75, 3.05) is 0 Å². The van der Waals surface area contributed by atoms with Crippen LogP contribution in [0.15, 0.2) is 32.7 Å². The highest BCUT2D eigenvalue weighted by atomic mass is 19.4. The molecule has 9 heteroatoms. The first-order valence-corrected chi connectivity index (χ1v) is 5.73. The van der Waals surface area contributed by atoms with E-state index in [2.05, 4.69) is 5.10 Å². The predicted octanol–water partition coefficient (Wildman–Crippen LogP) is 0.552. The fraction of sp³-hybridized carbons (Fsp3) is 0.250. The van der Waals surface area contributed by atoms with E-state index in [9.17, 15) is 27.6 Å². The summed E-state index contributed by atoms with van der Waals surface area (Å²) < 4.78 is 39.2. The number of pyridine rings is 1. The van der Waals surface area contributed by atoms with E-state index >= 15 is 0 Å². The molecular weight excluding hydrogens is 291 g/mol. The van der Waals surface area contributed by atoms with Crippen LogP contribution in [0.5, 0.6) is 0 Å². The molecule has 21 heavy (non-hydrogen) atoms. The van der Waals surface area contributed by atoms with Crippen LogP contribution in [-0.4, -0.2) is 14.3 Å². The highest BCUT2D eigenvalue weighted by Gasteiger charge is 2.34. The Bertz CT molecular complexity index is 874. The lowest BCUT2D eigenvalue weighted by atomic mass is 10.2. The van der Waals surface area contributed by atoms with Crippen LogP contribution in [0, 0.1) is 6.92 Å². The van der Waals surface area contributed by atoms with Crippen LogP contribution in [-0.2, 0) is 13.2 Å². The Kier molecular flexibility index (Phi) is 3.36. The van der Waals surface area contributed by atoms with Crippen LogP contribution in [0.25, 0.3) is 5.82 Å². The normalized spacial score (nSPS) is 11.7. The van der Waals surface area contributed by atoms with Gasteiger partial charge in [-0.15, -0.1) is 0 Å². The summed E-state index contributed by atoms with van der Waals surface area (Å²) in [6.45, 7) is 1.41. The van der Waals surface area contributed by atoms with Gasteiger partial charge in [-0.05, 0) is 19.1 Å². The molecule has 0 spiro atoms. The van der Waals surface area contributed by atoms with Crippen LogP contribution < -0.4 is 16.5 Å². The van der Waals surface area contributed by atoms with Gasteiger partial charge in [0.25, 0.3) is 5.56 Å². The molecular formula is C12H10F3N3O3. The van der Waals surface area contributed by atoms with Crippen LogP contribution in [0.2, 0.25) is 0 Å². The van der Waals surface area contributed by atoms with E-state index in [1.807, 2.05) is 0 Å². The minimum absolute atomic E-state index is 0.160. The zero-order valence-corrected chi connectivity index (χ0v) is 11.0. The van der Waals surface area contributed by atoms with Gasteiger partial charge in [-0.3, -0.25) is 24.0 Å². The quantitative estimate of drug-likeness (QED) is 0.782. The molecule has 2 aromatic rings. The van der Waals surface area contributed by atoms with Gasteiger partial charge in [-0.2, -0.15) is 13.2 Å². The fourth-order valence-electron chi connectivity index (χ4n) is 1.79. The number of nitrogens with zero attached hydrogens (tertiary/aromatic N) is 2. The van der Waals surface area contributed by atoms with E-state index in [0.717, 1.165) is 17.8 Å². The summed E-state index contributed by atoms with van der Waals surface area (Å²) in [5.41, 5.74) is -4.29. The summed E-state index contributed by atoms with van der Waals surface area (Å²) in [5, 5.41) is 2.45. The van der Waals surface area contributed by atoms with Crippen molar-refractivity contribution in [3.05, 3.63) is 60.4 Å². The van der Waals surface area contributed by atoms with Crippen LogP contribution >= 0.6 is 0 Å². The van der Waals surface area contributed by atoms with E-state index < -0.39 is 28.3 Å². The molecule has 0 aromatic carbocycles. The lowest BCUT2D eigenvalue weighted by Gasteiger charge is -2.13. The van der Waals surface area contributed by atoms with Crippen molar-refractivity contribution in [1.29, 1.82) is 0 Å². The number of hydrogen-bond donors (Lipinski definition) is 1. The highest BCUT2D eigenvalue weighted by molar-refractivity contribution is 5.28. The second-order valence-corrected chi connectivity index (χ2v) is 4.39. The third kappa shape index (κ3) is 2.41. The highest BCUT2D eigenvalue weighted by Crippen LogP contribution is 2.26. The molecule has 1 N–H and O–H groups in total. The van der Waals surface area contributed by atoms with E-state index in [-0.39, 0.29) is 11.4 Å². The molecule has 6 nitrogen and oxygen atoms in total. The van der Waals surface area contributed by atoms with Gasteiger partial charge in [0.1, 0.15) is 11.4 Å². The van der Waals surface area contributed by atoms with Gasteiger partial charge in [0, 0.05) is 18.8 Å². The molecule has 2 heterocycles. The molecule has 0 aliphatic heterocycles. The molecule has 0 aliphatic carbocycles. The van der Waals surface area contributed by atoms with E-state index in [4.69, 9.17) is 0 Å². The van der Waals surface area contributed by atoms with Crippen molar-refractivity contribution in [3.63, 3.8) is 0 Å². The number of aryl methyl sites for hydroxylation is 1. The van der Waals surface area contributed by atoms with Gasteiger partial charge in [0.15, 0.2) is 0 Å². The summed E-state index contributed by atoms with van der Waals surface area (Å²) in [4.78, 5) is 35.1. The largest absolute Gasteiger partial charge is 0.421 e. The fourth-order valence-corrected chi connectivity index (χ4v) is 1.79. The molecule has 0 unspecified atom stereocenters. The third-order valence-corrected chi connectivity index (χ3v) is 2.98. The molecule has 0 fully saturated rings. The first-order valence-electron chi connectivity index (χ1n) is 5.73. The number of H-pyrrole nitrogens is 1.